The maximum absolute atomic E-state index is 11.4. The molecule has 2 aromatic rings. The Labute approximate surface area is 127 Å². The summed E-state index contributed by atoms with van der Waals surface area (Å²) in [4.78, 5) is 16.0. The lowest BCUT2D eigenvalue weighted by Crippen LogP contribution is -2.22. The molecule has 3 rings (SSSR count). The van der Waals surface area contributed by atoms with Crippen LogP contribution in [0.1, 0.15) is 16.1 Å². The average molecular weight is 297 g/mol. The van der Waals surface area contributed by atoms with Gasteiger partial charge >= 0.3 is 0 Å². The fourth-order valence-corrected chi connectivity index (χ4v) is 1.50. The molecular weight excluding hydrogens is 282 g/mol. The van der Waals surface area contributed by atoms with Crippen molar-refractivity contribution in [2.45, 2.75) is 6.54 Å². The molecule has 1 aromatic carbocycles. The van der Waals surface area contributed by atoms with Gasteiger partial charge in [-0.05, 0) is 17.7 Å². The molecule has 0 spiro atoms. The number of rotatable bonds is 3. The van der Waals surface area contributed by atoms with E-state index in [0.29, 0.717) is 12.2 Å². The monoisotopic (exact) mass is 297 g/mol. The zero-order valence-electron chi connectivity index (χ0n) is 11.8. The third-order valence-corrected chi connectivity index (χ3v) is 2.54. The van der Waals surface area contributed by atoms with Gasteiger partial charge in [-0.25, -0.2) is 0 Å². The summed E-state index contributed by atoms with van der Waals surface area (Å²) < 4.78 is 4.58. The van der Waals surface area contributed by atoms with E-state index in [2.05, 4.69) is 25.0 Å². The minimum atomic E-state index is -0.229. The maximum atomic E-state index is 11.4. The second kappa shape index (κ2) is 8.91. The van der Waals surface area contributed by atoms with Gasteiger partial charge in [0.15, 0.2) is 5.69 Å². The highest BCUT2D eigenvalue weighted by Gasteiger charge is 2.07. The van der Waals surface area contributed by atoms with Crippen LogP contribution < -0.4 is 5.32 Å². The molecule has 2 heterocycles. The van der Waals surface area contributed by atoms with Gasteiger partial charge in [0.1, 0.15) is 12.5 Å². The van der Waals surface area contributed by atoms with Crippen LogP contribution in [0.5, 0.6) is 0 Å². The lowest BCUT2D eigenvalue weighted by molar-refractivity contribution is 0.0942. The highest BCUT2D eigenvalue weighted by atomic mass is 16.6. The first-order chi connectivity index (χ1) is 10.9. The van der Waals surface area contributed by atoms with Gasteiger partial charge in [0.25, 0.3) is 5.91 Å². The summed E-state index contributed by atoms with van der Waals surface area (Å²) in [7, 11) is 0. The molecule has 0 atom stereocenters. The molecule has 1 aromatic heterocycles. The molecule has 0 saturated heterocycles. The van der Waals surface area contributed by atoms with E-state index in [1.807, 2.05) is 36.4 Å². The van der Waals surface area contributed by atoms with Crippen LogP contribution in [0.2, 0.25) is 0 Å². The normalized spacial score (nSPS) is 11.8. The number of oxime groups is 1. The Morgan fingerprint density at radius 2 is 1.95 bits per heavy atom. The standard InChI is InChI=1S/C11H10N2O2.C5H5NO/c14-11(10-6-7-15-13-10)12-8-9-4-2-1-3-5-9;1-2-4-6-7-5-3-1/h1-7H,8H2,(H,12,14);1-5H. The van der Waals surface area contributed by atoms with Crippen LogP contribution in [-0.4, -0.2) is 17.3 Å². The minimum absolute atomic E-state index is 0.229. The number of carbonyl (C=O) groups excluding carboxylic acids is 1. The van der Waals surface area contributed by atoms with Crippen molar-refractivity contribution in [3.63, 3.8) is 0 Å². The average Bonchev–Trinajstić information content (AvgIpc) is 2.94. The van der Waals surface area contributed by atoms with Gasteiger partial charge in [0.2, 0.25) is 0 Å². The number of amides is 1. The van der Waals surface area contributed by atoms with E-state index < -0.39 is 0 Å². The number of hydrogen-bond acceptors (Lipinski definition) is 5. The van der Waals surface area contributed by atoms with E-state index >= 15 is 0 Å². The van der Waals surface area contributed by atoms with Crippen molar-refractivity contribution in [3.05, 3.63) is 78.4 Å². The summed E-state index contributed by atoms with van der Waals surface area (Å²) in [6, 6.07) is 11.2. The third kappa shape index (κ3) is 5.46. The zero-order valence-corrected chi connectivity index (χ0v) is 11.8. The Bertz CT molecular complexity index is 633. The third-order valence-electron chi connectivity index (χ3n) is 2.54. The fourth-order valence-electron chi connectivity index (χ4n) is 1.50. The summed E-state index contributed by atoms with van der Waals surface area (Å²) in [5, 5.41) is 9.75. The Morgan fingerprint density at radius 3 is 2.73 bits per heavy atom. The minimum Gasteiger partial charge on any atom is -0.365 e. The Morgan fingerprint density at radius 1 is 1.09 bits per heavy atom. The van der Waals surface area contributed by atoms with Crippen LogP contribution in [-0.2, 0) is 11.4 Å². The van der Waals surface area contributed by atoms with Crippen LogP contribution >= 0.6 is 0 Å². The van der Waals surface area contributed by atoms with Crippen LogP contribution in [0.3, 0.4) is 0 Å². The van der Waals surface area contributed by atoms with Gasteiger partial charge in [0.05, 0.1) is 6.21 Å². The Kier molecular flexibility index (Phi) is 6.17. The van der Waals surface area contributed by atoms with Gasteiger partial charge in [-0.3, -0.25) is 4.79 Å². The van der Waals surface area contributed by atoms with Crippen LogP contribution in [0.4, 0.5) is 0 Å². The predicted octanol–water partition coefficient (Wildman–Crippen LogP) is 2.68. The SMILES string of the molecule is C1=CC=NOC=C1.O=C(NCc1ccccc1)c1ccon1. The Hall–Kier alpha value is -3.15. The molecule has 6 heteroatoms. The number of benzene rings is 1. The summed E-state index contributed by atoms with van der Waals surface area (Å²) in [6.07, 6.45) is 9.88. The van der Waals surface area contributed by atoms with Gasteiger partial charge < -0.3 is 14.7 Å². The van der Waals surface area contributed by atoms with Crippen molar-refractivity contribution in [1.82, 2.24) is 10.5 Å². The predicted molar refractivity (Wildman–Crippen MR) is 82.0 cm³/mol. The molecule has 6 nitrogen and oxygen atoms in total. The van der Waals surface area contributed by atoms with Gasteiger partial charge in [-0.1, -0.05) is 46.7 Å². The highest BCUT2D eigenvalue weighted by molar-refractivity contribution is 5.91. The quantitative estimate of drug-likeness (QED) is 0.945. The second-order valence-electron chi connectivity index (χ2n) is 4.13. The lowest BCUT2D eigenvalue weighted by Gasteiger charge is -2.01. The number of nitrogens with zero attached hydrogens (tertiary/aromatic N) is 2. The molecule has 22 heavy (non-hydrogen) atoms. The second-order valence-corrected chi connectivity index (χ2v) is 4.13. The first-order valence-corrected chi connectivity index (χ1v) is 6.60. The summed E-state index contributed by atoms with van der Waals surface area (Å²) in [6.45, 7) is 0.493. The van der Waals surface area contributed by atoms with Gasteiger partial charge in [-0.2, -0.15) is 0 Å². The summed E-state index contributed by atoms with van der Waals surface area (Å²) in [5.41, 5.74) is 1.35. The van der Waals surface area contributed by atoms with E-state index in [9.17, 15) is 4.79 Å². The van der Waals surface area contributed by atoms with E-state index in [0.717, 1.165) is 5.56 Å². The van der Waals surface area contributed by atoms with Crippen molar-refractivity contribution in [2.24, 2.45) is 5.16 Å². The smallest absolute Gasteiger partial charge is 0.273 e. The first kappa shape index (κ1) is 15.2. The largest absolute Gasteiger partial charge is 0.365 e. The van der Waals surface area contributed by atoms with Gasteiger partial charge in [-0.15, -0.1) is 0 Å². The molecule has 0 radical (unpaired) electrons. The van der Waals surface area contributed by atoms with E-state index in [1.54, 1.807) is 18.4 Å². The molecule has 0 fully saturated rings. The van der Waals surface area contributed by atoms with Crippen molar-refractivity contribution in [1.29, 1.82) is 0 Å². The number of nitrogens with one attached hydrogen (secondary N) is 1. The summed E-state index contributed by atoms with van der Waals surface area (Å²) in [5.74, 6) is -0.229. The molecule has 0 aliphatic carbocycles. The van der Waals surface area contributed by atoms with E-state index in [4.69, 9.17) is 0 Å². The van der Waals surface area contributed by atoms with Gasteiger partial charge in [0, 0.05) is 12.6 Å². The molecular formula is C16H15N3O3. The molecule has 1 aliphatic rings. The number of hydrogen-bond donors (Lipinski definition) is 1. The van der Waals surface area contributed by atoms with Crippen LogP contribution in [0.15, 0.2) is 76.8 Å². The first-order valence-electron chi connectivity index (χ1n) is 6.60. The molecule has 1 amide bonds. The molecule has 112 valence electrons. The van der Waals surface area contributed by atoms with E-state index in [-0.39, 0.29) is 5.91 Å². The highest BCUT2D eigenvalue weighted by Crippen LogP contribution is 1.99. The molecule has 1 aliphatic heterocycles. The number of aromatic nitrogens is 1. The van der Waals surface area contributed by atoms with Crippen LogP contribution in [0.25, 0.3) is 0 Å². The topological polar surface area (TPSA) is 76.7 Å². The van der Waals surface area contributed by atoms with Crippen molar-refractivity contribution < 1.29 is 14.2 Å². The van der Waals surface area contributed by atoms with E-state index in [1.165, 1.54) is 18.6 Å². The zero-order chi connectivity index (χ0) is 15.5. The Balaban J connectivity index is 0.000000211. The maximum Gasteiger partial charge on any atom is 0.273 e. The number of carbonyl (C=O) groups is 1. The molecule has 0 unspecified atom stereocenters. The van der Waals surface area contributed by atoms with Crippen molar-refractivity contribution >= 4 is 12.1 Å². The summed E-state index contributed by atoms with van der Waals surface area (Å²) >= 11 is 0. The molecule has 0 bridgehead atoms. The van der Waals surface area contributed by atoms with Crippen LogP contribution in [0, 0.1) is 0 Å². The van der Waals surface area contributed by atoms with Crippen molar-refractivity contribution in [3.8, 4) is 0 Å². The molecule has 0 saturated carbocycles. The number of allylic oxidation sites excluding steroid dienone is 3. The fraction of sp³-hybridized carbons (Fsp3) is 0.0625. The lowest BCUT2D eigenvalue weighted by atomic mass is 10.2. The molecule has 1 N–H and O–H groups in total. The van der Waals surface area contributed by atoms with Crippen molar-refractivity contribution in [2.75, 3.05) is 0 Å².